The number of fused-ring (bicyclic) bond motifs is 5. The SMILES string of the molecule is Cc1nnc(CCCC2CCC3C4CCC5CCCCC5(C)C4CCC23C)o1. The van der Waals surface area contributed by atoms with Crippen molar-refractivity contribution in [1.29, 1.82) is 0 Å². The number of aryl methyl sites for hydroxylation is 2. The standard InChI is InChI=1S/C25H40N2O/c1-17-26-27-23(28-17)9-6-8-19-11-13-21-20-12-10-18-7-4-5-15-24(18,2)22(20)14-16-25(19,21)3/h18-22H,4-16H2,1-3H3. The van der Waals surface area contributed by atoms with E-state index in [9.17, 15) is 0 Å². The van der Waals surface area contributed by atoms with Crippen LogP contribution in [0.2, 0.25) is 0 Å². The summed E-state index contributed by atoms with van der Waals surface area (Å²) in [6.45, 7) is 7.27. The first-order valence-corrected chi connectivity index (χ1v) is 12.3. The summed E-state index contributed by atoms with van der Waals surface area (Å²) in [6, 6.07) is 0. The van der Waals surface area contributed by atoms with Crippen molar-refractivity contribution >= 4 is 0 Å². The molecule has 3 heteroatoms. The molecule has 4 fully saturated rings. The van der Waals surface area contributed by atoms with Gasteiger partial charge in [-0.05, 0) is 105 Å². The Morgan fingerprint density at radius 3 is 2.57 bits per heavy atom. The minimum absolute atomic E-state index is 0.601. The molecule has 0 aromatic carbocycles. The molecule has 0 spiro atoms. The number of rotatable bonds is 4. The Balaban J connectivity index is 1.26. The van der Waals surface area contributed by atoms with Crippen LogP contribution in [0.4, 0.5) is 0 Å². The Labute approximate surface area is 171 Å². The van der Waals surface area contributed by atoms with E-state index in [-0.39, 0.29) is 0 Å². The number of hydrogen-bond acceptors (Lipinski definition) is 3. The van der Waals surface area contributed by atoms with E-state index in [2.05, 4.69) is 24.0 Å². The lowest BCUT2D eigenvalue weighted by atomic mass is 9.45. The van der Waals surface area contributed by atoms with Crippen molar-refractivity contribution < 1.29 is 4.42 Å². The predicted molar refractivity (Wildman–Crippen MR) is 112 cm³/mol. The molecule has 4 aliphatic carbocycles. The van der Waals surface area contributed by atoms with Crippen LogP contribution >= 0.6 is 0 Å². The smallest absolute Gasteiger partial charge is 0.216 e. The van der Waals surface area contributed by atoms with Crippen LogP contribution in [0.15, 0.2) is 4.42 Å². The molecule has 7 atom stereocenters. The van der Waals surface area contributed by atoms with Crippen molar-refractivity contribution in [2.24, 2.45) is 40.4 Å². The van der Waals surface area contributed by atoms with E-state index in [1.165, 1.54) is 70.6 Å². The van der Waals surface area contributed by atoms with Crippen LogP contribution in [0.25, 0.3) is 0 Å². The normalized spacial score (nSPS) is 45.3. The maximum absolute atomic E-state index is 5.59. The summed E-state index contributed by atoms with van der Waals surface area (Å²) in [5, 5.41) is 8.18. The molecular weight excluding hydrogens is 344 g/mol. The third kappa shape index (κ3) is 2.98. The molecule has 28 heavy (non-hydrogen) atoms. The van der Waals surface area contributed by atoms with Gasteiger partial charge >= 0.3 is 0 Å². The van der Waals surface area contributed by atoms with Gasteiger partial charge in [-0.15, -0.1) is 10.2 Å². The van der Waals surface area contributed by atoms with Crippen molar-refractivity contribution in [3.05, 3.63) is 11.8 Å². The molecule has 4 aliphatic rings. The molecule has 156 valence electrons. The highest BCUT2D eigenvalue weighted by molar-refractivity contribution is 5.08. The lowest BCUT2D eigenvalue weighted by molar-refractivity contribution is -0.111. The average molecular weight is 385 g/mol. The van der Waals surface area contributed by atoms with Crippen molar-refractivity contribution in [3.8, 4) is 0 Å². The van der Waals surface area contributed by atoms with Gasteiger partial charge in [0.2, 0.25) is 11.8 Å². The molecule has 4 saturated carbocycles. The number of nitrogens with zero attached hydrogens (tertiary/aromatic N) is 2. The van der Waals surface area contributed by atoms with Gasteiger partial charge in [-0.1, -0.05) is 26.7 Å². The van der Waals surface area contributed by atoms with E-state index >= 15 is 0 Å². The predicted octanol–water partition coefficient (Wildman–Crippen LogP) is 6.75. The molecule has 5 rings (SSSR count). The Morgan fingerprint density at radius 1 is 0.893 bits per heavy atom. The van der Waals surface area contributed by atoms with Crippen LogP contribution in [-0.4, -0.2) is 10.2 Å². The molecule has 7 unspecified atom stereocenters. The van der Waals surface area contributed by atoms with E-state index in [0.29, 0.717) is 16.7 Å². The molecule has 0 bridgehead atoms. The molecular formula is C25H40N2O. The van der Waals surface area contributed by atoms with Crippen LogP contribution < -0.4 is 0 Å². The first-order chi connectivity index (χ1) is 13.5. The third-order valence-corrected chi connectivity index (χ3v) is 10.3. The van der Waals surface area contributed by atoms with E-state index in [4.69, 9.17) is 4.42 Å². The van der Waals surface area contributed by atoms with Crippen molar-refractivity contribution in [2.75, 3.05) is 0 Å². The van der Waals surface area contributed by atoms with E-state index in [1.807, 2.05) is 6.92 Å². The fraction of sp³-hybridized carbons (Fsp3) is 0.920. The Morgan fingerprint density at radius 2 is 1.75 bits per heavy atom. The van der Waals surface area contributed by atoms with Crippen molar-refractivity contribution in [1.82, 2.24) is 10.2 Å². The second kappa shape index (κ2) is 7.13. The highest BCUT2D eigenvalue weighted by Crippen LogP contribution is 2.67. The van der Waals surface area contributed by atoms with Gasteiger partial charge in [0.25, 0.3) is 0 Å². The average Bonchev–Trinajstić information content (AvgIpc) is 3.24. The first-order valence-electron chi connectivity index (χ1n) is 12.3. The number of hydrogen-bond donors (Lipinski definition) is 0. The fourth-order valence-electron chi connectivity index (χ4n) is 8.82. The summed E-state index contributed by atoms with van der Waals surface area (Å²) < 4.78 is 5.59. The van der Waals surface area contributed by atoms with E-state index in [0.717, 1.165) is 41.9 Å². The summed E-state index contributed by atoms with van der Waals surface area (Å²) in [6.07, 6.45) is 18.6. The van der Waals surface area contributed by atoms with Gasteiger partial charge in [-0.25, -0.2) is 0 Å². The monoisotopic (exact) mass is 384 g/mol. The Kier molecular flexibility index (Phi) is 4.87. The molecule has 0 N–H and O–H groups in total. The molecule has 1 heterocycles. The minimum Gasteiger partial charge on any atom is -0.426 e. The van der Waals surface area contributed by atoms with Crippen LogP contribution in [-0.2, 0) is 6.42 Å². The maximum Gasteiger partial charge on any atom is 0.216 e. The van der Waals surface area contributed by atoms with Crippen LogP contribution in [0.3, 0.4) is 0 Å². The summed E-state index contributed by atoms with van der Waals surface area (Å²) in [5.74, 6) is 6.56. The summed E-state index contributed by atoms with van der Waals surface area (Å²) >= 11 is 0. The lowest BCUT2D eigenvalue weighted by Crippen LogP contribution is -2.52. The lowest BCUT2D eigenvalue weighted by Gasteiger charge is -2.60. The highest BCUT2D eigenvalue weighted by atomic mass is 16.4. The zero-order chi connectivity index (χ0) is 19.4. The largest absolute Gasteiger partial charge is 0.426 e. The maximum atomic E-state index is 5.59. The van der Waals surface area contributed by atoms with Gasteiger partial charge in [-0.3, -0.25) is 0 Å². The van der Waals surface area contributed by atoms with Gasteiger partial charge in [-0.2, -0.15) is 0 Å². The molecule has 3 nitrogen and oxygen atoms in total. The summed E-state index contributed by atoms with van der Waals surface area (Å²) in [4.78, 5) is 0. The third-order valence-electron chi connectivity index (χ3n) is 10.3. The van der Waals surface area contributed by atoms with Crippen molar-refractivity contribution in [3.63, 3.8) is 0 Å². The minimum atomic E-state index is 0.601. The van der Waals surface area contributed by atoms with E-state index < -0.39 is 0 Å². The second-order valence-corrected chi connectivity index (χ2v) is 11.3. The molecule has 0 aliphatic heterocycles. The second-order valence-electron chi connectivity index (χ2n) is 11.3. The molecule has 0 radical (unpaired) electrons. The fourth-order valence-corrected chi connectivity index (χ4v) is 8.82. The quantitative estimate of drug-likeness (QED) is 0.576. The van der Waals surface area contributed by atoms with Gasteiger partial charge in [0, 0.05) is 13.3 Å². The summed E-state index contributed by atoms with van der Waals surface area (Å²) in [5.41, 5.74) is 1.28. The zero-order valence-corrected chi connectivity index (χ0v) is 18.4. The molecule has 1 aromatic rings. The Bertz CT molecular complexity index is 698. The van der Waals surface area contributed by atoms with Crippen LogP contribution in [0, 0.1) is 47.3 Å². The van der Waals surface area contributed by atoms with Gasteiger partial charge in [0.1, 0.15) is 0 Å². The Hall–Kier alpha value is -0.860. The van der Waals surface area contributed by atoms with Crippen molar-refractivity contribution in [2.45, 2.75) is 104 Å². The first kappa shape index (κ1) is 19.1. The topological polar surface area (TPSA) is 38.9 Å². The number of aromatic nitrogens is 2. The van der Waals surface area contributed by atoms with E-state index in [1.54, 1.807) is 6.42 Å². The summed E-state index contributed by atoms with van der Waals surface area (Å²) in [7, 11) is 0. The highest BCUT2D eigenvalue weighted by Gasteiger charge is 2.59. The van der Waals surface area contributed by atoms with Gasteiger partial charge in [0.15, 0.2) is 0 Å². The zero-order valence-electron chi connectivity index (χ0n) is 18.4. The van der Waals surface area contributed by atoms with Gasteiger partial charge in [0.05, 0.1) is 0 Å². The molecule has 1 aromatic heterocycles. The van der Waals surface area contributed by atoms with Gasteiger partial charge < -0.3 is 4.42 Å². The van der Waals surface area contributed by atoms with Crippen LogP contribution in [0.1, 0.15) is 103 Å². The van der Waals surface area contributed by atoms with Crippen LogP contribution in [0.5, 0.6) is 0 Å². The molecule has 0 amide bonds. The molecule has 0 saturated heterocycles.